The lowest BCUT2D eigenvalue weighted by Crippen LogP contribution is -2.21. The lowest BCUT2D eigenvalue weighted by atomic mass is 9.95. The average molecular weight is 621 g/mol. The molecule has 4 N–H and O–H groups in total. The third-order valence-corrected chi connectivity index (χ3v) is 5.81. The first kappa shape index (κ1) is 32.5. The van der Waals surface area contributed by atoms with Gasteiger partial charge in [-0.3, -0.25) is 9.89 Å². The van der Waals surface area contributed by atoms with E-state index in [1.165, 1.54) is 6.07 Å². The number of amides is 1. The molecule has 0 aliphatic heterocycles. The van der Waals surface area contributed by atoms with Crippen molar-refractivity contribution >= 4 is 46.2 Å². The second-order valence-corrected chi connectivity index (χ2v) is 8.86. The highest BCUT2D eigenvalue weighted by Gasteiger charge is 2.44. The molecule has 10 nitrogen and oxygen atoms in total. The molecule has 0 saturated heterocycles. The number of carboxylic acids is 2. The number of fused-ring (bicyclic) bond motifs is 2. The molecule has 1 aliphatic carbocycles. The first-order chi connectivity index (χ1) is 19.8. The summed E-state index contributed by atoms with van der Waals surface area (Å²) in [5, 5.41) is 29.0. The number of anilines is 1. The lowest BCUT2D eigenvalue weighted by Gasteiger charge is -2.10. The Morgan fingerprint density at radius 2 is 1.65 bits per heavy atom. The summed E-state index contributed by atoms with van der Waals surface area (Å²) in [7, 11) is 0. The van der Waals surface area contributed by atoms with Crippen molar-refractivity contribution in [2.45, 2.75) is 31.9 Å². The van der Waals surface area contributed by atoms with Crippen LogP contribution in [-0.4, -0.2) is 66.4 Å². The van der Waals surface area contributed by atoms with Crippen molar-refractivity contribution in [3.63, 3.8) is 0 Å². The molecular formula is C25H19F8N5O5. The maximum atomic E-state index is 14.5. The van der Waals surface area contributed by atoms with Gasteiger partial charge in [0.2, 0.25) is 5.91 Å². The number of hydrogen-bond donors (Lipinski definition) is 4. The van der Waals surface area contributed by atoms with E-state index >= 15 is 0 Å². The van der Waals surface area contributed by atoms with Crippen LogP contribution in [0.25, 0.3) is 33.6 Å². The molecule has 1 aromatic carbocycles. The van der Waals surface area contributed by atoms with Crippen LogP contribution >= 0.6 is 0 Å². The molecule has 1 amide bonds. The van der Waals surface area contributed by atoms with E-state index in [4.69, 9.17) is 19.8 Å². The Balaban J connectivity index is 0.000000303. The van der Waals surface area contributed by atoms with Crippen LogP contribution in [-0.2, 0) is 14.4 Å². The number of pyridine rings is 1. The third kappa shape index (κ3) is 7.63. The maximum Gasteiger partial charge on any atom is 0.490 e. The molecule has 18 heteroatoms. The van der Waals surface area contributed by atoms with Gasteiger partial charge in [-0.1, -0.05) is 6.58 Å². The molecule has 3 aromatic heterocycles. The van der Waals surface area contributed by atoms with Gasteiger partial charge in [-0.2, -0.15) is 36.5 Å². The van der Waals surface area contributed by atoms with E-state index in [1.54, 1.807) is 29.8 Å². The van der Waals surface area contributed by atoms with Gasteiger partial charge in [0.25, 0.3) is 0 Å². The molecule has 5 rings (SSSR count). The third-order valence-electron chi connectivity index (χ3n) is 5.81. The van der Waals surface area contributed by atoms with Crippen molar-refractivity contribution in [3.8, 4) is 11.1 Å². The Morgan fingerprint density at radius 3 is 2.14 bits per heavy atom. The molecule has 3 heterocycles. The molecule has 1 saturated carbocycles. The largest absolute Gasteiger partial charge is 0.490 e. The summed E-state index contributed by atoms with van der Waals surface area (Å²) in [6.45, 7) is 5.51. The molecule has 1 fully saturated rings. The molecule has 0 spiro atoms. The number of rotatable bonds is 4. The van der Waals surface area contributed by atoms with Gasteiger partial charge in [-0.25, -0.2) is 22.9 Å². The molecule has 0 bridgehead atoms. The van der Waals surface area contributed by atoms with Gasteiger partial charge in [-0.15, -0.1) is 0 Å². The monoisotopic (exact) mass is 621 g/mol. The number of alkyl halides is 7. The normalized spacial score (nSPS) is 16.0. The van der Waals surface area contributed by atoms with E-state index < -0.39 is 36.4 Å². The van der Waals surface area contributed by atoms with Crippen molar-refractivity contribution in [1.29, 1.82) is 0 Å². The zero-order valence-electron chi connectivity index (χ0n) is 21.5. The van der Waals surface area contributed by atoms with Gasteiger partial charge >= 0.3 is 24.3 Å². The number of benzene rings is 1. The van der Waals surface area contributed by atoms with Gasteiger partial charge < -0.3 is 15.5 Å². The van der Waals surface area contributed by atoms with E-state index in [0.717, 1.165) is 16.5 Å². The molecule has 2 atom stereocenters. The second kappa shape index (κ2) is 12.1. The molecule has 1 aliphatic rings. The van der Waals surface area contributed by atoms with Crippen LogP contribution in [0.5, 0.6) is 0 Å². The topological polar surface area (TPSA) is 150 Å². The van der Waals surface area contributed by atoms with E-state index in [0.29, 0.717) is 28.1 Å². The van der Waals surface area contributed by atoms with E-state index in [2.05, 4.69) is 27.2 Å². The van der Waals surface area contributed by atoms with Crippen LogP contribution < -0.4 is 5.32 Å². The lowest BCUT2D eigenvalue weighted by molar-refractivity contribution is -0.193. The number of carbonyl (C=O) groups excluding carboxylic acids is 1. The van der Waals surface area contributed by atoms with Crippen molar-refractivity contribution in [3.05, 3.63) is 54.1 Å². The number of halogens is 8. The van der Waals surface area contributed by atoms with Crippen molar-refractivity contribution < 1.29 is 59.7 Å². The molecular weight excluding hydrogens is 602 g/mol. The first-order valence-electron chi connectivity index (χ1n) is 11.7. The van der Waals surface area contributed by atoms with Gasteiger partial charge in [-0.05, 0) is 54.3 Å². The highest BCUT2D eigenvalue weighted by Crippen LogP contribution is 2.37. The molecule has 43 heavy (non-hydrogen) atoms. The Morgan fingerprint density at radius 1 is 1.09 bits per heavy atom. The number of aromatic amines is 1. The SMILES string of the molecule is C=Cc1n[nH]c2cc(F)c(C)c(-c3ccn4nc(NC(=O)[C@@H]5C[C@@H]5F)cc4c3)c12.O=C(O)C(F)(F)F.O=C(O)C(F)(F)F. The fraction of sp³-hybridized carbons (Fsp3) is 0.240. The predicted octanol–water partition coefficient (Wildman–Crippen LogP) is 5.53. The zero-order chi connectivity index (χ0) is 32.4. The quantitative estimate of drug-likeness (QED) is 0.219. The second-order valence-electron chi connectivity index (χ2n) is 8.86. The fourth-order valence-electron chi connectivity index (χ4n) is 3.65. The van der Waals surface area contributed by atoms with Crippen LogP contribution in [0.15, 0.2) is 37.0 Å². The Bertz CT molecular complexity index is 1690. The number of aliphatic carboxylic acids is 2. The minimum absolute atomic E-state index is 0.258. The fourth-order valence-corrected chi connectivity index (χ4v) is 3.65. The number of carbonyl (C=O) groups is 3. The average Bonchev–Trinajstić information content (AvgIpc) is 3.30. The summed E-state index contributed by atoms with van der Waals surface area (Å²) in [4.78, 5) is 29.7. The Labute approximate surface area is 234 Å². The molecule has 4 aromatic rings. The van der Waals surface area contributed by atoms with E-state index in [1.807, 2.05) is 12.1 Å². The van der Waals surface area contributed by atoms with Gasteiger partial charge in [0.05, 0.1) is 22.6 Å². The van der Waals surface area contributed by atoms with Crippen LogP contribution in [0.2, 0.25) is 0 Å². The first-order valence-corrected chi connectivity index (χ1v) is 11.7. The molecule has 230 valence electrons. The highest BCUT2D eigenvalue weighted by molar-refractivity contribution is 6.01. The van der Waals surface area contributed by atoms with Crippen molar-refractivity contribution in [1.82, 2.24) is 19.8 Å². The summed E-state index contributed by atoms with van der Waals surface area (Å²) in [6.07, 6.45) is -7.61. The molecule has 0 radical (unpaired) electrons. The van der Waals surface area contributed by atoms with Crippen LogP contribution in [0, 0.1) is 18.7 Å². The zero-order valence-corrected chi connectivity index (χ0v) is 21.5. The van der Waals surface area contributed by atoms with Crippen molar-refractivity contribution in [2.24, 2.45) is 5.92 Å². The van der Waals surface area contributed by atoms with Crippen LogP contribution in [0.3, 0.4) is 0 Å². The highest BCUT2D eigenvalue weighted by atomic mass is 19.4. The van der Waals surface area contributed by atoms with Gasteiger partial charge in [0.15, 0.2) is 5.82 Å². The summed E-state index contributed by atoms with van der Waals surface area (Å²) in [5.74, 6) is -6.45. The van der Waals surface area contributed by atoms with Crippen LogP contribution in [0.1, 0.15) is 17.7 Å². The number of nitrogens with zero attached hydrogens (tertiary/aromatic N) is 3. The number of aromatic nitrogens is 4. The smallest absolute Gasteiger partial charge is 0.475 e. The Hall–Kier alpha value is -5.03. The molecule has 0 unspecified atom stereocenters. The standard InChI is InChI=1S/C21H17F2N5O.2C2HF3O2/c1-3-16-20-17(26-25-16)9-14(22)10(2)19(20)11-4-5-28-12(6-11)7-18(27-28)24-21(29)13-8-15(13)23;2*3-2(4,5)1(6)7/h3-7,9,13,15H,1,8H2,2H3,(H,25,26)(H,24,27,29);2*(H,6,7)/t13-,15+;;/m1../s1. The Kier molecular flexibility index (Phi) is 9.11. The van der Waals surface area contributed by atoms with Gasteiger partial charge in [0.1, 0.15) is 12.0 Å². The minimum atomic E-state index is -5.08. The summed E-state index contributed by atoms with van der Waals surface area (Å²) >= 11 is 0. The summed E-state index contributed by atoms with van der Waals surface area (Å²) < 4.78 is 92.7. The van der Waals surface area contributed by atoms with Crippen LogP contribution in [0.4, 0.5) is 40.9 Å². The van der Waals surface area contributed by atoms with E-state index in [9.17, 15) is 39.9 Å². The number of carboxylic acid groups (broad SMARTS) is 2. The van der Waals surface area contributed by atoms with Gasteiger partial charge in [0, 0.05) is 17.6 Å². The number of hydrogen-bond acceptors (Lipinski definition) is 5. The van der Waals surface area contributed by atoms with E-state index in [-0.39, 0.29) is 18.1 Å². The number of H-pyrrole nitrogens is 1. The number of nitrogens with one attached hydrogen (secondary N) is 2. The van der Waals surface area contributed by atoms with Crippen molar-refractivity contribution in [2.75, 3.05) is 5.32 Å². The predicted molar refractivity (Wildman–Crippen MR) is 134 cm³/mol. The summed E-state index contributed by atoms with van der Waals surface area (Å²) in [6, 6.07) is 6.81. The summed E-state index contributed by atoms with van der Waals surface area (Å²) in [5.41, 5.74) is 3.95. The maximum absolute atomic E-state index is 14.5. The minimum Gasteiger partial charge on any atom is -0.475 e.